The fourth-order valence-electron chi connectivity index (χ4n) is 2.42. The molecule has 0 aliphatic rings. The lowest BCUT2D eigenvalue weighted by Gasteiger charge is -2.04. The number of carbonyl (C=O) groups excluding carboxylic acids is 2. The number of anilines is 1. The van der Waals surface area contributed by atoms with E-state index in [4.69, 9.17) is 10.3 Å². The highest BCUT2D eigenvalue weighted by molar-refractivity contribution is 6.03. The second-order valence-electron chi connectivity index (χ2n) is 5.71. The minimum Gasteiger partial charge on any atom is -0.363 e. The standard InChI is InChI=1S/C18H13N7O3/c19-16(26)17-21-24-25(22-17)13-8-6-12(7-9-13)20-18(27)14-10-15(28-23-14)11-4-2-1-3-5-11/h1-10H,(H2,19,26)(H,20,27). The summed E-state index contributed by atoms with van der Waals surface area (Å²) in [4.78, 5) is 24.6. The summed E-state index contributed by atoms with van der Waals surface area (Å²) in [5.41, 5.74) is 7.17. The average molecular weight is 375 g/mol. The number of nitrogens with one attached hydrogen (secondary N) is 1. The van der Waals surface area contributed by atoms with Crippen molar-refractivity contribution in [1.82, 2.24) is 25.4 Å². The molecule has 2 aromatic heterocycles. The van der Waals surface area contributed by atoms with Gasteiger partial charge in [-0.15, -0.1) is 15.0 Å². The van der Waals surface area contributed by atoms with Crippen LogP contribution in [0.1, 0.15) is 21.1 Å². The molecule has 28 heavy (non-hydrogen) atoms. The van der Waals surface area contributed by atoms with E-state index in [2.05, 4.69) is 25.9 Å². The van der Waals surface area contributed by atoms with E-state index in [0.717, 1.165) is 10.4 Å². The van der Waals surface area contributed by atoms with Gasteiger partial charge >= 0.3 is 0 Å². The summed E-state index contributed by atoms with van der Waals surface area (Å²) in [7, 11) is 0. The minimum atomic E-state index is -0.766. The Kier molecular flexibility index (Phi) is 4.34. The average Bonchev–Trinajstić information content (AvgIpc) is 3.39. The van der Waals surface area contributed by atoms with Crippen molar-refractivity contribution in [2.75, 3.05) is 5.32 Å². The number of hydrogen-bond donors (Lipinski definition) is 2. The van der Waals surface area contributed by atoms with Crippen LogP contribution in [0, 0.1) is 0 Å². The van der Waals surface area contributed by atoms with E-state index >= 15 is 0 Å². The van der Waals surface area contributed by atoms with Gasteiger partial charge in [0.15, 0.2) is 11.5 Å². The molecule has 4 aromatic rings. The number of aromatic nitrogens is 5. The molecule has 0 bridgehead atoms. The Morgan fingerprint density at radius 1 is 1.04 bits per heavy atom. The Hall–Kier alpha value is -4.34. The van der Waals surface area contributed by atoms with E-state index in [9.17, 15) is 9.59 Å². The van der Waals surface area contributed by atoms with Crippen LogP contribution in [0.25, 0.3) is 17.0 Å². The summed E-state index contributed by atoms with van der Waals surface area (Å²) in [6, 6.07) is 17.5. The number of nitrogens with zero attached hydrogens (tertiary/aromatic N) is 5. The van der Waals surface area contributed by atoms with Gasteiger partial charge in [-0.05, 0) is 29.5 Å². The van der Waals surface area contributed by atoms with Gasteiger partial charge in [0.05, 0.1) is 5.69 Å². The van der Waals surface area contributed by atoms with E-state index in [1.54, 1.807) is 30.3 Å². The highest BCUT2D eigenvalue weighted by Crippen LogP contribution is 2.20. The van der Waals surface area contributed by atoms with Gasteiger partial charge in [-0.25, -0.2) is 0 Å². The molecule has 4 rings (SSSR count). The molecule has 10 nitrogen and oxygen atoms in total. The van der Waals surface area contributed by atoms with Gasteiger partial charge in [-0.1, -0.05) is 35.5 Å². The van der Waals surface area contributed by atoms with Gasteiger partial charge in [0.2, 0.25) is 0 Å². The lowest BCUT2D eigenvalue weighted by molar-refractivity contribution is 0.0987. The van der Waals surface area contributed by atoms with Crippen LogP contribution in [0.4, 0.5) is 5.69 Å². The number of nitrogens with two attached hydrogens (primary N) is 1. The molecule has 3 N–H and O–H groups in total. The molecule has 0 atom stereocenters. The van der Waals surface area contributed by atoms with Gasteiger partial charge in [-0.2, -0.15) is 0 Å². The van der Waals surface area contributed by atoms with Crippen molar-refractivity contribution in [3.05, 3.63) is 72.2 Å². The molecule has 2 heterocycles. The third kappa shape index (κ3) is 3.46. The summed E-state index contributed by atoms with van der Waals surface area (Å²) >= 11 is 0. The van der Waals surface area contributed by atoms with Crippen LogP contribution in [-0.4, -0.2) is 37.2 Å². The third-order valence-corrected chi connectivity index (χ3v) is 3.79. The maximum absolute atomic E-state index is 12.4. The quantitative estimate of drug-likeness (QED) is 0.540. The monoisotopic (exact) mass is 375 g/mol. The molecule has 2 aromatic carbocycles. The maximum Gasteiger partial charge on any atom is 0.290 e. The molecule has 0 saturated carbocycles. The molecule has 0 aliphatic heterocycles. The fourth-order valence-corrected chi connectivity index (χ4v) is 2.42. The smallest absolute Gasteiger partial charge is 0.290 e. The van der Waals surface area contributed by atoms with E-state index in [0.29, 0.717) is 17.1 Å². The maximum atomic E-state index is 12.4. The zero-order valence-corrected chi connectivity index (χ0v) is 14.3. The Bertz CT molecular complexity index is 1130. The molecule has 2 amide bonds. The van der Waals surface area contributed by atoms with Crippen LogP contribution >= 0.6 is 0 Å². The molecule has 0 radical (unpaired) electrons. The molecular weight excluding hydrogens is 362 g/mol. The molecule has 0 fully saturated rings. The van der Waals surface area contributed by atoms with Crippen LogP contribution in [0.5, 0.6) is 0 Å². The molecule has 0 aliphatic carbocycles. The van der Waals surface area contributed by atoms with Crippen molar-refractivity contribution in [3.63, 3.8) is 0 Å². The predicted molar refractivity (Wildman–Crippen MR) is 97.6 cm³/mol. The first kappa shape index (κ1) is 17.1. The van der Waals surface area contributed by atoms with E-state index in [1.807, 2.05) is 30.3 Å². The number of primary amides is 1. The lowest BCUT2D eigenvalue weighted by Crippen LogP contribution is -2.13. The SMILES string of the molecule is NC(=O)c1nnn(-c2ccc(NC(=O)c3cc(-c4ccccc4)on3)cc2)n1. The first-order valence-corrected chi connectivity index (χ1v) is 8.14. The number of benzene rings is 2. The molecule has 0 saturated heterocycles. The predicted octanol–water partition coefficient (Wildman–Crippen LogP) is 1.67. The lowest BCUT2D eigenvalue weighted by atomic mass is 10.1. The van der Waals surface area contributed by atoms with E-state index in [-0.39, 0.29) is 11.5 Å². The summed E-state index contributed by atoms with van der Waals surface area (Å²) in [6.07, 6.45) is 0. The van der Waals surface area contributed by atoms with Crippen LogP contribution in [-0.2, 0) is 0 Å². The first-order valence-electron chi connectivity index (χ1n) is 8.14. The van der Waals surface area contributed by atoms with Crippen molar-refractivity contribution in [2.24, 2.45) is 5.73 Å². The van der Waals surface area contributed by atoms with E-state index < -0.39 is 11.8 Å². The topological polar surface area (TPSA) is 142 Å². The Balaban J connectivity index is 1.46. The van der Waals surface area contributed by atoms with Crippen molar-refractivity contribution in [3.8, 4) is 17.0 Å². The number of hydrogen-bond acceptors (Lipinski definition) is 7. The van der Waals surface area contributed by atoms with Crippen LogP contribution in [0.15, 0.2) is 65.2 Å². The second kappa shape index (κ2) is 7.11. The van der Waals surface area contributed by atoms with Crippen LogP contribution < -0.4 is 11.1 Å². The molecular formula is C18H13N7O3. The number of tetrazole rings is 1. The summed E-state index contributed by atoms with van der Waals surface area (Å²) in [5.74, 6) is -0.854. The molecule has 0 spiro atoms. The summed E-state index contributed by atoms with van der Waals surface area (Å²) in [5, 5.41) is 17.7. The van der Waals surface area contributed by atoms with Crippen molar-refractivity contribution in [2.45, 2.75) is 0 Å². The molecule has 138 valence electrons. The normalized spacial score (nSPS) is 10.6. The summed E-state index contributed by atoms with van der Waals surface area (Å²) < 4.78 is 5.23. The van der Waals surface area contributed by atoms with Crippen LogP contribution in [0.3, 0.4) is 0 Å². The Morgan fingerprint density at radius 3 is 2.46 bits per heavy atom. The third-order valence-electron chi connectivity index (χ3n) is 3.79. The summed E-state index contributed by atoms with van der Waals surface area (Å²) in [6.45, 7) is 0. The molecule has 10 heteroatoms. The molecule has 0 unspecified atom stereocenters. The highest BCUT2D eigenvalue weighted by atomic mass is 16.5. The minimum absolute atomic E-state index is 0.159. The zero-order valence-electron chi connectivity index (χ0n) is 14.3. The van der Waals surface area contributed by atoms with Gasteiger partial charge < -0.3 is 15.6 Å². The van der Waals surface area contributed by atoms with Crippen molar-refractivity contribution < 1.29 is 14.1 Å². The van der Waals surface area contributed by atoms with Gasteiger partial charge in [0, 0.05) is 17.3 Å². The number of carbonyl (C=O) groups is 2. The van der Waals surface area contributed by atoms with Gasteiger partial charge in [-0.3, -0.25) is 9.59 Å². The van der Waals surface area contributed by atoms with Gasteiger partial charge in [0.1, 0.15) is 0 Å². The van der Waals surface area contributed by atoms with Gasteiger partial charge in [0.25, 0.3) is 17.6 Å². The fraction of sp³-hybridized carbons (Fsp3) is 0. The Labute approximate surface area is 157 Å². The van der Waals surface area contributed by atoms with Crippen molar-refractivity contribution >= 4 is 17.5 Å². The van der Waals surface area contributed by atoms with Crippen LogP contribution in [0.2, 0.25) is 0 Å². The van der Waals surface area contributed by atoms with Crippen molar-refractivity contribution in [1.29, 1.82) is 0 Å². The second-order valence-corrected chi connectivity index (χ2v) is 5.71. The number of rotatable bonds is 5. The number of amides is 2. The van der Waals surface area contributed by atoms with E-state index in [1.165, 1.54) is 0 Å². The Morgan fingerprint density at radius 2 is 1.79 bits per heavy atom. The first-order chi connectivity index (χ1) is 13.6. The largest absolute Gasteiger partial charge is 0.363 e. The highest BCUT2D eigenvalue weighted by Gasteiger charge is 2.14. The zero-order chi connectivity index (χ0) is 19.5.